The van der Waals surface area contributed by atoms with Gasteiger partial charge in [-0.05, 0) is 56.8 Å². The molecular weight excluding hydrogens is 372 g/mol. The van der Waals surface area contributed by atoms with Crippen molar-refractivity contribution < 1.29 is 19.2 Å². The van der Waals surface area contributed by atoms with E-state index in [4.69, 9.17) is 0 Å². The maximum atomic E-state index is 12.8. The van der Waals surface area contributed by atoms with Crippen molar-refractivity contribution in [3.8, 4) is 0 Å². The molecule has 0 radical (unpaired) electrons. The van der Waals surface area contributed by atoms with E-state index in [9.17, 15) is 19.2 Å². The van der Waals surface area contributed by atoms with Crippen LogP contribution >= 0.6 is 0 Å². The van der Waals surface area contributed by atoms with E-state index >= 15 is 0 Å². The summed E-state index contributed by atoms with van der Waals surface area (Å²) < 4.78 is 0. The summed E-state index contributed by atoms with van der Waals surface area (Å²) in [6.07, 6.45) is 4.06. The maximum absolute atomic E-state index is 12.8. The lowest BCUT2D eigenvalue weighted by molar-refractivity contribution is -0.137. The molecule has 29 heavy (non-hydrogen) atoms. The number of hydrogen-bond donors (Lipinski definition) is 3. The number of fused-ring (bicyclic) bond motifs is 1. The predicted molar refractivity (Wildman–Crippen MR) is 106 cm³/mol. The molecule has 1 aromatic carbocycles. The number of nitrogens with one attached hydrogen (secondary N) is 3. The monoisotopic (exact) mass is 398 g/mol. The van der Waals surface area contributed by atoms with E-state index in [1.54, 1.807) is 18.2 Å². The third-order valence-corrected chi connectivity index (χ3v) is 6.09. The van der Waals surface area contributed by atoms with Crippen molar-refractivity contribution in [1.29, 1.82) is 0 Å². The molecule has 2 fully saturated rings. The molecule has 4 amide bonds. The van der Waals surface area contributed by atoms with Crippen molar-refractivity contribution in [2.75, 3.05) is 18.4 Å². The number of carbonyl (C=O) groups is 4. The normalized spacial score (nSPS) is 22.4. The average Bonchev–Trinajstić information content (AvgIpc) is 3.05. The van der Waals surface area contributed by atoms with Gasteiger partial charge in [0.2, 0.25) is 17.7 Å². The van der Waals surface area contributed by atoms with Crippen LogP contribution in [0.2, 0.25) is 0 Å². The van der Waals surface area contributed by atoms with Crippen LogP contribution in [0, 0.1) is 5.92 Å². The van der Waals surface area contributed by atoms with Crippen LogP contribution in [-0.2, 0) is 20.9 Å². The van der Waals surface area contributed by atoms with E-state index < -0.39 is 11.9 Å². The molecular formula is C21H26N4O4. The molecule has 1 atom stereocenters. The van der Waals surface area contributed by atoms with Crippen molar-refractivity contribution in [2.45, 2.75) is 51.1 Å². The highest BCUT2D eigenvalue weighted by molar-refractivity contribution is 6.06. The van der Waals surface area contributed by atoms with Crippen molar-refractivity contribution in [3.05, 3.63) is 29.3 Å². The summed E-state index contributed by atoms with van der Waals surface area (Å²) in [7, 11) is 0. The van der Waals surface area contributed by atoms with Gasteiger partial charge in [-0.15, -0.1) is 0 Å². The van der Waals surface area contributed by atoms with Gasteiger partial charge in [0.25, 0.3) is 5.91 Å². The molecule has 3 aliphatic heterocycles. The van der Waals surface area contributed by atoms with Gasteiger partial charge in [0, 0.05) is 36.2 Å². The Kier molecular flexibility index (Phi) is 5.62. The van der Waals surface area contributed by atoms with Gasteiger partial charge in [0.1, 0.15) is 6.04 Å². The third kappa shape index (κ3) is 4.17. The van der Waals surface area contributed by atoms with Gasteiger partial charge in [-0.3, -0.25) is 24.5 Å². The van der Waals surface area contributed by atoms with Crippen LogP contribution in [0.1, 0.15) is 54.4 Å². The fourth-order valence-electron chi connectivity index (χ4n) is 4.42. The lowest BCUT2D eigenvalue weighted by Crippen LogP contribution is -2.52. The minimum Gasteiger partial charge on any atom is -0.326 e. The molecule has 8 nitrogen and oxygen atoms in total. The molecule has 0 bridgehead atoms. The van der Waals surface area contributed by atoms with Gasteiger partial charge in [-0.1, -0.05) is 6.07 Å². The first-order valence-corrected chi connectivity index (χ1v) is 10.3. The second-order valence-electron chi connectivity index (χ2n) is 8.01. The molecule has 0 aromatic heterocycles. The number of hydrogen-bond acceptors (Lipinski definition) is 5. The van der Waals surface area contributed by atoms with Gasteiger partial charge in [-0.2, -0.15) is 0 Å². The molecule has 3 aliphatic rings. The number of carbonyl (C=O) groups excluding carboxylic acids is 4. The van der Waals surface area contributed by atoms with Gasteiger partial charge < -0.3 is 15.5 Å². The van der Waals surface area contributed by atoms with Gasteiger partial charge in [0.05, 0.1) is 0 Å². The molecule has 3 N–H and O–H groups in total. The van der Waals surface area contributed by atoms with E-state index in [2.05, 4.69) is 16.0 Å². The number of nitrogens with zero attached hydrogens (tertiary/aromatic N) is 1. The first-order valence-electron chi connectivity index (χ1n) is 10.3. The molecule has 1 aromatic rings. The van der Waals surface area contributed by atoms with Gasteiger partial charge in [0.15, 0.2) is 0 Å². The zero-order chi connectivity index (χ0) is 20.4. The summed E-state index contributed by atoms with van der Waals surface area (Å²) in [5, 5.41) is 8.59. The summed E-state index contributed by atoms with van der Waals surface area (Å²) in [4.78, 5) is 50.4. The first kappa shape index (κ1) is 19.6. The second kappa shape index (κ2) is 8.32. The molecule has 4 rings (SSSR count). The third-order valence-electron chi connectivity index (χ3n) is 6.09. The predicted octanol–water partition coefficient (Wildman–Crippen LogP) is 1.17. The standard InChI is InChI=1S/C21H26N4O4/c26-18(6-4-13-8-10-22-11-9-13)23-16-3-1-2-14-15(16)12-25(21(14)29)17-5-7-19(27)24-20(17)28/h1-3,13,17,22H,4-12H2,(H,23,26)(H,24,27,28). The van der Waals surface area contributed by atoms with E-state index in [0.29, 0.717) is 30.0 Å². The molecule has 0 spiro atoms. The molecule has 3 heterocycles. The summed E-state index contributed by atoms with van der Waals surface area (Å²) >= 11 is 0. The summed E-state index contributed by atoms with van der Waals surface area (Å²) in [5.74, 6) is -0.454. The second-order valence-corrected chi connectivity index (χ2v) is 8.01. The Labute approximate surface area is 169 Å². The first-order chi connectivity index (χ1) is 14.0. The quantitative estimate of drug-likeness (QED) is 0.646. The Morgan fingerprint density at radius 1 is 1.14 bits per heavy atom. The summed E-state index contributed by atoms with van der Waals surface area (Å²) in [6.45, 7) is 2.28. The van der Waals surface area contributed by atoms with Crippen LogP contribution in [-0.4, -0.2) is 47.7 Å². The molecule has 0 saturated carbocycles. The van der Waals surface area contributed by atoms with Crippen molar-refractivity contribution in [1.82, 2.24) is 15.5 Å². The number of benzene rings is 1. The van der Waals surface area contributed by atoms with Crippen molar-refractivity contribution >= 4 is 29.3 Å². The Bertz CT molecular complexity index is 847. The van der Waals surface area contributed by atoms with Crippen LogP contribution in [0.25, 0.3) is 0 Å². The highest BCUT2D eigenvalue weighted by atomic mass is 16.2. The Morgan fingerprint density at radius 2 is 1.93 bits per heavy atom. The van der Waals surface area contributed by atoms with Gasteiger partial charge in [-0.25, -0.2) is 0 Å². The Balaban J connectivity index is 1.42. The maximum Gasteiger partial charge on any atom is 0.255 e. The van der Waals surface area contributed by atoms with Gasteiger partial charge >= 0.3 is 0 Å². The molecule has 2 saturated heterocycles. The lowest BCUT2D eigenvalue weighted by atomic mass is 9.93. The topological polar surface area (TPSA) is 108 Å². The van der Waals surface area contributed by atoms with Crippen LogP contribution in [0.15, 0.2) is 18.2 Å². The van der Waals surface area contributed by atoms with Crippen molar-refractivity contribution in [3.63, 3.8) is 0 Å². The zero-order valence-electron chi connectivity index (χ0n) is 16.3. The van der Waals surface area contributed by atoms with Crippen LogP contribution < -0.4 is 16.0 Å². The number of anilines is 1. The van der Waals surface area contributed by atoms with E-state index in [1.165, 1.54) is 4.90 Å². The highest BCUT2D eigenvalue weighted by Gasteiger charge is 2.39. The smallest absolute Gasteiger partial charge is 0.255 e. The Hall–Kier alpha value is -2.74. The lowest BCUT2D eigenvalue weighted by Gasteiger charge is -2.29. The molecule has 154 valence electrons. The SMILES string of the molecule is O=C1CCC(N2Cc3c(NC(=O)CCC4CCNCC4)cccc3C2=O)C(=O)N1. The number of rotatable bonds is 5. The van der Waals surface area contributed by atoms with Crippen LogP contribution in [0.3, 0.4) is 0 Å². The molecule has 1 unspecified atom stereocenters. The van der Waals surface area contributed by atoms with E-state index in [1.807, 2.05) is 0 Å². The number of imide groups is 1. The van der Waals surface area contributed by atoms with Crippen LogP contribution in [0.5, 0.6) is 0 Å². The highest BCUT2D eigenvalue weighted by Crippen LogP contribution is 2.32. The molecule has 8 heteroatoms. The fourth-order valence-corrected chi connectivity index (χ4v) is 4.42. The summed E-state index contributed by atoms with van der Waals surface area (Å²) in [5.41, 5.74) is 1.87. The zero-order valence-corrected chi connectivity index (χ0v) is 16.3. The average molecular weight is 398 g/mol. The van der Waals surface area contributed by atoms with E-state index in [0.717, 1.165) is 37.9 Å². The Morgan fingerprint density at radius 3 is 2.69 bits per heavy atom. The van der Waals surface area contributed by atoms with E-state index in [-0.39, 0.29) is 30.7 Å². The summed E-state index contributed by atoms with van der Waals surface area (Å²) in [6, 6.07) is 4.60. The number of amides is 4. The van der Waals surface area contributed by atoms with Crippen molar-refractivity contribution in [2.24, 2.45) is 5.92 Å². The largest absolute Gasteiger partial charge is 0.326 e. The minimum atomic E-state index is -0.656. The molecule has 0 aliphatic carbocycles. The van der Waals surface area contributed by atoms with Crippen LogP contribution in [0.4, 0.5) is 5.69 Å². The number of piperidine rings is 2. The minimum absolute atomic E-state index is 0.0520. The fraction of sp³-hybridized carbons (Fsp3) is 0.524.